The number of nitrogens with one attached hydrogen (secondary N) is 1. The van der Waals surface area contributed by atoms with Crippen LogP contribution in [0.4, 0.5) is 17.1 Å². The maximum absolute atomic E-state index is 12.4. The summed E-state index contributed by atoms with van der Waals surface area (Å²) in [6, 6.07) is 25.8. The quantitative estimate of drug-likeness (QED) is 0.703. The molecule has 3 aromatic rings. The third kappa shape index (κ3) is 4.00. The number of rotatable bonds is 6. The first-order chi connectivity index (χ1) is 12.1. The molecule has 25 heavy (non-hydrogen) atoms. The Bertz CT molecular complexity index is 909. The predicted octanol–water partition coefficient (Wildman–Crippen LogP) is 4.65. The SMILES string of the molecule is CCN(c1ccccc1)c1ccc(NS(=O)(=O)c2ccccc2)cc1. The molecular weight excluding hydrogens is 332 g/mol. The Kier molecular flexibility index (Phi) is 5.05. The van der Waals surface area contributed by atoms with Crippen molar-refractivity contribution in [1.82, 2.24) is 0 Å². The minimum atomic E-state index is -3.57. The van der Waals surface area contributed by atoms with E-state index in [0.717, 1.165) is 17.9 Å². The van der Waals surface area contributed by atoms with Crippen LogP contribution >= 0.6 is 0 Å². The van der Waals surface area contributed by atoms with Gasteiger partial charge in [0.15, 0.2) is 0 Å². The summed E-state index contributed by atoms with van der Waals surface area (Å²) in [7, 11) is -3.57. The van der Waals surface area contributed by atoms with Crippen LogP contribution in [0, 0.1) is 0 Å². The minimum Gasteiger partial charge on any atom is -0.342 e. The summed E-state index contributed by atoms with van der Waals surface area (Å²) in [4.78, 5) is 2.41. The second-order valence-electron chi connectivity index (χ2n) is 5.55. The predicted molar refractivity (Wildman–Crippen MR) is 103 cm³/mol. The topological polar surface area (TPSA) is 49.4 Å². The van der Waals surface area contributed by atoms with Crippen molar-refractivity contribution < 1.29 is 8.42 Å². The standard InChI is InChI=1S/C20H20N2O2S/c1-2-22(18-9-5-3-6-10-18)19-15-13-17(14-16-19)21-25(23,24)20-11-7-4-8-12-20/h3-16,21H,2H2,1H3. The largest absolute Gasteiger partial charge is 0.342 e. The van der Waals surface area contributed by atoms with Crippen molar-refractivity contribution in [2.24, 2.45) is 0 Å². The van der Waals surface area contributed by atoms with Gasteiger partial charge in [0.1, 0.15) is 0 Å². The van der Waals surface area contributed by atoms with Gasteiger partial charge >= 0.3 is 0 Å². The van der Waals surface area contributed by atoms with Crippen molar-refractivity contribution in [2.45, 2.75) is 11.8 Å². The first-order valence-corrected chi connectivity index (χ1v) is 9.59. The van der Waals surface area contributed by atoms with Crippen molar-refractivity contribution >= 4 is 27.1 Å². The Morgan fingerprint density at radius 1 is 0.760 bits per heavy atom. The van der Waals surface area contributed by atoms with Crippen LogP contribution in [0.25, 0.3) is 0 Å². The molecule has 0 saturated heterocycles. The average Bonchev–Trinajstić information content (AvgIpc) is 2.65. The molecule has 0 unspecified atom stereocenters. The van der Waals surface area contributed by atoms with Gasteiger partial charge in [-0.15, -0.1) is 0 Å². The summed E-state index contributed by atoms with van der Waals surface area (Å²) in [5.74, 6) is 0. The van der Waals surface area contributed by atoms with Crippen LogP contribution in [0.5, 0.6) is 0 Å². The molecule has 0 bridgehead atoms. The third-order valence-electron chi connectivity index (χ3n) is 3.87. The van der Waals surface area contributed by atoms with Gasteiger partial charge in [0.25, 0.3) is 10.0 Å². The van der Waals surface area contributed by atoms with Gasteiger partial charge in [-0.2, -0.15) is 0 Å². The molecule has 0 aliphatic rings. The lowest BCUT2D eigenvalue weighted by atomic mass is 10.2. The summed E-state index contributed by atoms with van der Waals surface area (Å²) in [5, 5.41) is 0. The molecule has 3 rings (SSSR count). The number of hydrogen-bond acceptors (Lipinski definition) is 3. The van der Waals surface area contributed by atoms with E-state index in [-0.39, 0.29) is 4.90 Å². The highest BCUT2D eigenvalue weighted by Crippen LogP contribution is 2.26. The fourth-order valence-electron chi connectivity index (χ4n) is 2.65. The Balaban J connectivity index is 1.81. The van der Waals surface area contributed by atoms with Crippen LogP contribution in [0.3, 0.4) is 0 Å². The number of sulfonamides is 1. The van der Waals surface area contributed by atoms with Crippen molar-refractivity contribution in [3.63, 3.8) is 0 Å². The van der Waals surface area contributed by atoms with Gasteiger partial charge in [-0.1, -0.05) is 36.4 Å². The molecule has 5 heteroatoms. The Hall–Kier alpha value is -2.79. The van der Waals surface area contributed by atoms with Crippen molar-refractivity contribution in [3.05, 3.63) is 84.9 Å². The molecule has 1 N–H and O–H groups in total. The lowest BCUT2D eigenvalue weighted by Gasteiger charge is -2.23. The van der Waals surface area contributed by atoms with E-state index in [1.807, 2.05) is 30.3 Å². The van der Waals surface area contributed by atoms with E-state index < -0.39 is 10.0 Å². The number of anilines is 3. The zero-order valence-electron chi connectivity index (χ0n) is 14.0. The average molecular weight is 352 g/mol. The summed E-state index contributed by atoms with van der Waals surface area (Å²) in [6.45, 7) is 2.90. The first kappa shape index (κ1) is 17.0. The maximum atomic E-state index is 12.4. The first-order valence-electron chi connectivity index (χ1n) is 8.10. The van der Waals surface area contributed by atoms with E-state index in [9.17, 15) is 8.42 Å². The molecule has 0 amide bonds. The highest BCUT2D eigenvalue weighted by atomic mass is 32.2. The maximum Gasteiger partial charge on any atom is 0.261 e. The van der Waals surface area contributed by atoms with Crippen LogP contribution < -0.4 is 9.62 Å². The lowest BCUT2D eigenvalue weighted by molar-refractivity contribution is 0.601. The molecule has 0 fully saturated rings. The fraction of sp³-hybridized carbons (Fsp3) is 0.100. The van der Waals surface area contributed by atoms with Gasteiger partial charge < -0.3 is 4.90 Å². The zero-order valence-corrected chi connectivity index (χ0v) is 14.8. The molecule has 0 radical (unpaired) electrons. The molecule has 0 saturated carbocycles. The molecule has 4 nitrogen and oxygen atoms in total. The summed E-state index contributed by atoms with van der Waals surface area (Å²) >= 11 is 0. The van der Waals surface area contributed by atoms with Crippen LogP contribution in [-0.2, 0) is 10.0 Å². The van der Waals surface area contributed by atoms with Gasteiger partial charge in [0.2, 0.25) is 0 Å². The van der Waals surface area contributed by atoms with Crippen LogP contribution in [0.1, 0.15) is 6.92 Å². The molecule has 0 aromatic heterocycles. The van der Waals surface area contributed by atoms with Crippen molar-refractivity contribution in [1.29, 1.82) is 0 Å². The van der Waals surface area contributed by atoms with E-state index in [2.05, 4.69) is 28.7 Å². The normalized spacial score (nSPS) is 11.1. The smallest absolute Gasteiger partial charge is 0.261 e. The Labute approximate surface area is 148 Å². The zero-order chi connectivity index (χ0) is 17.7. The van der Waals surface area contributed by atoms with Crippen LogP contribution in [0.2, 0.25) is 0 Å². The molecule has 0 heterocycles. The number of benzene rings is 3. The van der Waals surface area contributed by atoms with Crippen LogP contribution in [-0.4, -0.2) is 15.0 Å². The fourth-order valence-corrected chi connectivity index (χ4v) is 3.72. The van der Waals surface area contributed by atoms with Gasteiger partial charge in [-0.3, -0.25) is 4.72 Å². The molecular formula is C20H20N2O2S. The monoisotopic (exact) mass is 352 g/mol. The Morgan fingerprint density at radius 2 is 1.28 bits per heavy atom. The number of nitrogens with zero attached hydrogens (tertiary/aromatic N) is 1. The van der Waals surface area contributed by atoms with E-state index >= 15 is 0 Å². The highest BCUT2D eigenvalue weighted by Gasteiger charge is 2.14. The molecule has 0 atom stereocenters. The molecule has 0 spiro atoms. The van der Waals surface area contributed by atoms with Crippen LogP contribution in [0.15, 0.2) is 89.8 Å². The molecule has 3 aromatic carbocycles. The Morgan fingerprint density at radius 3 is 1.84 bits per heavy atom. The third-order valence-corrected chi connectivity index (χ3v) is 5.27. The van der Waals surface area contributed by atoms with Crippen molar-refractivity contribution in [3.8, 4) is 0 Å². The summed E-state index contributed by atoms with van der Waals surface area (Å²) in [5.41, 5.74) is 2.65. The molecule has 128 valence electrons. The van der Waals surface area contributed by atoms with Gasteiger partial charge in [0.05, 0.1) is 4.90 Å². The second kappa shape index (κ2) is 7.40. The molecule has 0 aliphatic heterocycles. The summed E-state index contributed by atoms with van der Waals surface area (Å²) in [6.07, 6.45) is 0. The van der Waals surface area contributed by atoms with E-state index in [4.69, 9.17) is 0 Å². The van der Waals surface area contributed by atoms with Crippen molar-refractivity contribution in [2.75, 3.05) is 16.2 Å². The summed E-state index contributed by atoms with van der Waals surface area (Å²) < 4.78 is 27.4. The van der Waals surface area contributed by atoms with E-state index in [1.54, 1.807) is 42.5 Å². The van der Waals surface area contributed by atoms with E-state index in [0.29, 0.717) is 5.69 Å². The number of hydrogen-bond donors (Lipinski definition) is 1. The second-order valence-corrected chi connectivity index (χ2v) is 7.23. The van der Waals surface area contributed by atoms with E-state index in [1.165, 1.54) is 0 Å². The minimum absolute atomic E-state index is 0.249. The van der Waals surface area contributed by atoms with Gasteiger partial charge in [-0.05, 0) is 55.5 Å². The highest BCUT2D eigenvalue weighted by molar-refractivity contribution is 7.92. The van der Waals surface area contributed by atoms with Gasteiger partial charge in [0, 0.05) is 23.6 Å². The van der Waals surface area contributed by atoms with Gasteiger partial charge in [-0.25, -0.2) is 8.42 Å². The number of para-hydroxylation sites is 1. The molecule has 0 aliphatic carbocycles. The lowest BCUT2D eigenvalue weighted by Crippen LogP contribution is -2.16.